The highest BCUT2D eigenvalue weighted by Crippen LogP contribution is 2.19. The summed E-state index contributed by atoms with van der Waals surface area (Å²) in [6.07, 6.45) is 0.355. The maximum absolute atomic E-state index is 12.7. The Balaban J connectivity index is 1.73. The second-order valence-corrected chi connectivity index (χ2v) is 5.09. The molecule has 2 rings (SSSR count). The van der Waals surface area contributed by atoms with E-state index in [9.17, 15) is 9.18 Å². The largest absolute Gasteiger partial charge is 0.360 e. The molecule has 1 amide bonds. The molecule has 4 nitrogen and oxygen atoms in total. The summed E-state index contributed by atoms with van der Waals surface area (Å²) in [5, 5.41) is 6.32. The van der Waals surface area contributed by atoms with E-state index in [1.54, 1.807) is 25.1 Å². The van der Waals surface area contributed by atoms with Gasteiger partial charge in [0.05, 0.1) is 0 Å². The van der Waals surface area contributed by atoms with Gasteiger partial charge in [0.25, 0.3) is 0 Å². The lowest BCUT2D eigenvalue weighted by molar-refractivity contribution is -0.115. The molecule has 1 heterocycles. The first-order valence-electron chi connectivity index (χ1n) is 5.75. The Bertz CT molecular complexity index is 554. The molecule has 0 saturated carbocycles. The molecule has 2 aromatic rings. The molecule has 0 bridgehead atoms. The summed E-state index contributed by atoms with van der Waals surface area (Å²) < 4.78 is 17.5. The molecule has 0 radical (unpaired) electrons. The van der Waals surface area contributed by atoms with Gasteiger partial charge in [0, 0.05) is 23.1 Å². The molecule has 0 atom stereocenters. The number of nitrogens with zero attached hydrogens (tertiary/aromatic N) is 1. The summed E-state index contributed by atoms with van der Waals surface area (Å²) in [6, 6.07) is 7.85. The van der Waals surface area contributed by atoms with Gasteiger partial charge < -0.3 is 9.84 Å². The highest BCUT2D eigenvalue weighted by Gasteiger charge is 2.06. The summed E-state index contributed by atoms with van der Waals surface area (Å²) in [7, 11) is 0. The smallest absolute Gasteiger partial charge is 0.226 e. The zero-order chi connectivity index (χ0) is 13.7. The number of thioether (sulfide) groups is 1. The molecule has 0 aliphatic heterocycles. The predicted octanol–water partition coefficient (Wildman–Crippen LogP) is 3.24. The maximum Gasteiger partial charge on any atom is 0.226 e. The Kier molecular flexibility index (Phi) is 4.57. The number of anilines is 1. The lowest BCUT2D eigenvalue weighted by Crippen LogP contribution is -2.12. The number of halogens is 1. The van der Waals surface area contributed by atoms with Gasteiger partial charge in [-0.15, -0.1) is 11.8 Å². The molecule has 100 valence electrons. The molecule has 0 unspecified atom stereocenters. The average Bonchev–Trinajstić information content (AvgIpc) is 2.77. The fourth-order valence-electron chi connectivity index (χ4n) is 1.42. The SMILES string of the molecule is Cc1cc(NC(=O)CCSc2ccc(F)cc2)no1. The summed E-state index contributed by atoms with van der Waals surface area (Å²) in [5.41, 5.74) is 0. The second kappa shape index (κ2) is 6.38. The number of hydrogen-bond donors (Lipinski definition) is 1. The number of hydrogen-bond acceptors (Lipinski definition) is 4. The zero-order valence-corrected chi connectivity index (χ0v) is 11.2. The quantitative estimate of drug-likeness (QED) is 0.854. The lowest BCUT2D eigenvalue weighted by Gasteiger charge is -2.02. The molecule has 1 N–H and O–H groups in total. The van der Waals surface area contributed by atoms with Crippen molar-refractivity contribution in [3.8, 4) is 0 Å². The highest BCUT2D eigenvalue weighted by atomic mass is 32.2. The number of carbonyl (C=O) groups excluding carboxylic acids is 1. The van der Waals surface area contributed by atoms with E-state index in [4.69, 9.17) is 4.52 Å². The van der Waals surface area contributed by atoms with E-state index in [1.165, 1.54) is 23.9 Å². The first kappa shape index (κ1) is 13.6. The summed E-state index contributed by atoms with van der Waals surface area (Å²) in [6.45, 7) is 1.76. The van der Waals surface area contributed by atoms with Gasteiger partial charge >= 0.3 is 0 Å². The Hall–Kier alpha value is -1.82. The number of carbonyl (C=O) groups is 1. The van der Waals surface area contributed by atoms with E-state index in [-0.39, 0.29) is 11.7 Å². The van der Waals surface area contributed by atoms with Gasteiger partial charge in [0.15, 0.2) is 5.82 Å². The van der Waals surface area contributed by atoms with E-state index < -0.39 is 0 Å². The maximum atomic E-state index is 12.7. The minimum Gasteiger partial charge on any atom is -0.360 e. The molecule has 0 aliphatic carbocycles. The van der Waals surface area contributed by atoms with Crippen LogP contribution in [0.4, 0.5) is 10.2 Å². The van der Waals surface area contributed by atoms with E-state index in [0.717, 1.165) is 4.90 Å². The third-order valence-corrected chi connectivity index (χ3v) is 3.32. The Morgan fingerprint density at radius 2 is 2.16 bits per heavy atom. The van der Waals surface area contributed by atoms with Crippen LogP contribution >= 0.6 is 11.8 Å². The van der Waals surface area contributed by atoms with Crippen LogP contribution in [0.15, 0.2) is 39.8 Å². The Morgan fingerprint density at radius 1 is 1.42 bits per heavy atom. The van der Waals surface area contributed by atoms with Gasteiger partial charge in [-0.1, -0.05) is 5.16 Å². The van der Waals surface area contributed by atoms with Crippen LogP contribution in [0.1, 0.15) is 12.2 Å². The minimum atomic E-state index is -0.261. The van der Waals surface area contributed by atoms with Crippen molar-refractivity contribution in [2.24, 2.45) is 0 Å². The fraction of sp³-hybridized carbons (Fsp3) is 0.231. The Labute approximate surface area is 114 Å². The van der Waals surface area contributed by atoms with E-state index in [2.05, 4.69) is 10.5 Å². The van der Waals surface area contributed by atoms with Gasteiger partial charge in [0.2, 0.25) is 5.91 Å². The van der Waals surface area contributed by atoms with Gasteiger partial charge in [0.1, 0.15) is 11.6 Å². The zero-order valence-electron chi connectivity index (χ0n) is 10.4. The van der Waals surface area contributed by atoms with Crippen molar-refractivity contribution in [2.45, 2.75) is 18.2 Å². The molecule has 1 aromatic heterocycles. The fourth-order valence-corrected chi connectivity index (χ4v) is 2.27. The molecule has 0 fully saturated rings. The molecule has 19 heavy (non-hydrogen) atoms. The van der Waals surface area contributed by atoms with Crippen LogP contribution in [0.2, 0.25) is 0 Å². The molecule has 1 aromatic carbocycles. The van der Waals surface area contributed by atoms with Crippen LogP contribution in [0.5, 0.6) is 0 Å². The topological polar surface area (TPSA) is 55.1 Å². The number of aryl methyl sites for hydroxylation is 1. The third-order valence-electron chi connectivity index (χ3n) is 2.31. The summed E-state index contributed by atoms with van der Waals surface area (Å²) in [5.74, 6) is 1.31. The third kappa shape index (κ3) is 4.40. The van der Waals surface area contributed by atoms with Gasteiger partial charge in [-0.2, -0.15) is 0 Å². The molecule has 0 aliphatic rings. The molecular formula is C13H13FN2O2S. The van der Waals surface area contributed by atoms with Crippen molar-refractivity contribution in [3.63, 3.8) is 0 Å². The lowest BCUT2D eigenvalue weighted by atomic mass is 10.4. The summed E-state index contributed by atoms with van der Waals surface area (Å²) >= 11 is 1.50. The normalized spacial score (nSPS) is 10.4. The number of rotatable bonds is 5. The average molecular weight is 280 g/mol. The monoisotopic (exact) mass is 280 g/mol. The van der Waals surface area contributed by atoms with Crippen LogP contribution in [0.25, 0.3) is 0 Å². The van der Waals surface area contributed by atoms with E-state index in [1.807, 2.05) is 0 Å². The minimum absolute atomic E-state index is 0.122. The van der Waals surface area contributed by atoms with Crippen molar-refractivity contribution in [1.82, 2.24) is 5.16 Å². The number of benzene rings is 1. The predicted molar refractivity (Wildman–Crippen MR) is 71.6 cm³/mol. The van der Waals surface area contributed by atoms with Crippen molar-refractivity contribution in [2.75, 3.05) is 11.1 Å². The van der Waals surface area contributed by atoms with E-state index in [0.29, 0.717) is 23.8 Å². The van der Waals surface area contributed by atoms with Crippen LogP contribution in [0, 0.1) is 12.7 Å². The number of aromatic nitrogens is 1. The first-order chi connectivity index (χ1) is 9.13. The molecule has 0 spiro atoms. The standard InChI is InChI=1S/C13H13FN2O2S/c1-9-8-12(16-18-9)15-13(17)6-7-19-11-4-2-10(14)3-5-11/h2-5,8H,6-7H2,1H3,(H,15,16,17). The number of amides is 1. The highest BCUT2D eigenvalue weighted by molar-refractivity contribution is 7.99. The second-order valence-electron chi connectivity index (χ2n) is 3.92. The first-order valence-corrected chi connectivity index (χ1v) is 6.73. The van der Waals surface area contributed by atoms with Gasteiger partial charge in [-0.05, 0) is 31.2 Å². The molecule has 0 saturated heterocycles. The van der Waals surface area contributed by atoms with Crippen molar-refractivity contribution < 1.29 is 13.7 Å². The van der Waals surface area contributed by atoms with Gasteiger partial charge in [-0.25, -0.2) is 4.39 Å². The van der Waals surface area contributed by atoms with E-state index >= 15 is 0 Å². The molecule has 6 heteroatoms. The van der Waals surface area contributed by atoms with Crippen molar-refractivity contribution in [3.05, 3.63) is 41.9 Å². The Morgan fingerprint density at radius 3 is 2.79 bits per heavy atom. The summed E-state index contributed by atoms with van der Waals surface area (Å²) in [4.78, 5) is 12.5. The van der Waals surface area contributed by atoms with Crippen LogP contribution in [-0.2, 0) is 4.79 Å². The van der Waals surface area contributed by atoms with Crippen LogP contribution in [-0.4, -0.2) is 16.8 Å². The number of nitrogens with one attached hydrogen (secondary N) is 1. The van der Waals surface area contributed by atoms with Crippen LogP contribution < -0.4 is 5.32 Å². The van der Waals surface area contributed by atoms with Crippen molar-refractivity contribution in [1.29, 1.82) is 0 Å². The van der Waals surface area contributed by atoms with Crippen LogP contribution in [0.3, 0.4) is 0 Å². The molecular weight excluding hydrogens is 267 g/mol. The van der Waals surface area contributed by atoms with Crippen molar-refractivity contribution >= 4 is 23.5 Å². The van der Waals surface area contributed by atoms with Gasteiger partial charge in [-0.3, -0.25) is 4.79 Å².